The number of fused-ring (bicyclic) bond motifs is 3. The number of benzene rings is 2. The molecular formula is C20H19N3O3S. The Balaban J connectivity index is 1.35. The Labute approximate surface area is 160 Å². The molecule has 6 nitrogen and oxygen atoms in total. The number of imidazole rings is 1. The Morgan fingerprint density at radius 3 is 2.78 bits per heavy atom. The summed E-state index contributed by atoms with van der Waals surface area (Å²) in [5.74, 6) is 1.30. The zero-order valence-electron chi connectivity index (χ0n) is 14.8. The molecule has 2 aromatic heterocycles. The zero-order chi connectivity index (χ0) is 18.6. The van der Waals surface area contributed by atoms with Crippen molar-refractivity contribution >= 4 is 33.2 Å². The number of ether oxygens (including phenoxy) is 2. The molecule has 2 heterocycles. The van der Waals surface area contributed by atoms with Crippen molar-refractivity contribution in [2.24, 2.45) is 0 Å². The second kappa shape index (κ2) is 7.67. The third kappa shape index (κ3) is 3.59. The first-order valence-corrected chi connectivity index (χ1v) is 9.50. The number of nitrogens with zero attached hydrogens (tertiary/aromatic N) is 2. The van der Waals surface area contributed by atoms with Crippen LogP contribution in [0.15, 0.2) is 53.9 Å². The van der Waals surface area contributed by atoms with Gasteiger partial charge in [-0.3, -0.25) is 9.20 Å². The number of rotatable bonds is 7. The monoisotopic (exact) mass is 381 g/mol. The number of aromatic nitrogens is 2. The largest absolute Gasteiger partial charge is 0.493 e. The minimum atomic E-state index is -0.0453. The fourth-order valence-corrected chi connectivity index (χ4v) is 3.87. The van der Waals surface area contributed by atoms with Crippen molar-refractivity contribution in [1.82, 2.24) is 14.7 Å². The second-order valence-electron chi connectivity index (χ2n) is 5.97. The maximum absolute atomic E-state index is 12.3. The van der Waals surface area contributed by atoms with E-state index in [1.54, 1.807) is 18.4 Å². The highest BCUT2D eigenvalue weighted by atomic mass is 32.1. The summed E-state index contributed by atoms with van der Waals surface area (Å²) in [6.45, 7) is 0.800. The van der Waals surface area contributed by atoms with E-state index < -0.39 is 0 Å². The number of methoxy groups -OCH3 is 1. The van der Waals surface area contributed by atoms with Gasteiger partial charge in [-0.15, -0.1) is 11.3 Å². The van der Waals surface area contributed by atoms with Crippen molar-refractivity contribution in [2.75, 3.05) is 20.3 Å². The predicted molar refractivity (Wildman–Crippen MR) is 106 cm³/mol. The van der Waals surface area contributed by atoms with Gasteiger partial charge in [-0.25, -0.2) is 4.98 Å². The van der Waals surface area contributed by atoms with E-state index in [1.165, 1.54) is 0 Å². The third-order valence-corrected chi connectivity index (χ3v) is 5.08. The van der Waals surface area contributed by atoms with Gasteiger partial charge in [-0.2, -0.15) is 0 Å². The van der Waals surface area contributed by atoms with Gasteiger partial charge in [-0.1, -0.05) is 24.3 Å². The minimum absolute atomic E-state index is 0.0453. The average molecular weight is 381 g/mol. The van der Waals surface area contributed by atoms with Crippen LogP contribution in [0.2, 0.25) is 0 Å². The first-order chi connectivity index (χ1) is 13.3. The van der Waals surface area contributed by atoms with Gasteiger partial charge in [-0.05, 0) is 24.3 Å². The van der Waals surface area contributed by atoms with Crippen molar-refractivity contribution in [3.05, 3.63) is 59.6 Å². The van der Waals surface area contributed by atoms with Crippen LogP contribution in [-0.2, 0) is 11.2 Å². The molecule has 7 heteroatoms. The smallest absolute Gasteiger partial charge is 0.226 e. The van der Waals surface area contributed by atoms with Gasteiger partial charge in [0, 0.05) is 11.1 Å². The highest BCUT2D eigenvalue weighted by molar-refractivity contribution is 7.15. The lowest BCUT2D eigenvalue weighted by molar-refractivity contribution is -0.120. The lowest BCUT2D eigenvalue weighted by Gasteiger charge is -2.10. The van der Waals surface area contributed by atoms with Gasteiger partial charge in [0.1, 0.15) is 6.61 Å². The number of carbonyl (C=O) groups excluding carboxylic acids is 1. The molecule has 0 spiro atoms. The van der Waals surface area contributed by atoms with Crippen molar-refractivity contribution in [2.45, 2.75) is 6.42 Å². The molecule has 1 amide bonds. The Bertz CT molecular complexity index is 1090. The topological polar surface area (TPSA) is 64.9 Å². The normalized spacial score (nSPS) is 11.0. The number of carbonyl (C=O) groups is 1. The summed E-state index contributed by atoms with van der Waals surface area (Å²) >= 11 is 1.54. The van der Waals surface area contributed by atoms with Crippen LogP contribution in [0.25, 0.3) is 16.0 Å². The van der Waals surface area contributed by atoms with Crippen molar-refractivity contribution in [1.29, 1.82) is 0 Å². The Morgan fingerprint density at radius 2 is 1.93 bits per heavy atom. The van der Waals surface area contributed by atoms with Crippen LogP contribution in [0.5, 0.6) is 11.5 Å². The van der Waals surface area contributed by atoms with Gasteiger partial charge < -0.3 is 14.8 Å². The Morgan fingerprint density at radius 1 is 1.15 bits per heavy atom. The number of nitrogens with one attached hydrogen (secondary N) is 1. The van der Waals surface area contributed by atoms with Crippen LogP contribution < -0.4 is 14.8 Å². The fraction of sp³-hybridized carbons (Fsp3) is 0.200. The van der Waals surface area contributed by atoms with E-state index in [0.29, 0.717) is 31.1 Å². The molecule has 0 aliphatic carbocycles. The molecule has 0 atom stereocenters. The molecule has 0 unspecified atom stereocenters. The molecule has 0 fully saturated rings. The van der Waals surface area contributed by atoms with E-state index in [-0.39, 0.29) is 5.91 Å². The second-order valence-corrected chi connectivity index (χ2v) is 6.81. The molecule has 27 heavy (non-hydrogen) atoms. The molecule has 4 aromatic rings. The van der Waals surface area contributed by atoms with E-state index in [1.807, 2.05) is 58.3 Å². The van der Waals surface area contributed by atoms with Crippen molar-refractivity contribution in [3.8, 4) is 11.5 Å². The van der Waals surface area contributed by atoms with E-state index in [4.69, 9.17) is 9.47 Å². The lowest BCUT2D eigenvalue weighted by Crippen LogP contribution is -2.29. The predicted octanol–water partition coefficient (Wildman–Crippen LogP) is 3.30. The maximum atomic E-state index is 12.3. The number of amides is 1. The Kier molecular flexibility index (Phi) is 4.93. The molecule has 0 saturated heterocycles. The molecule has 4 rings (SSSR count). The number of hydrogen-bond acceptors (Lipinski definition) is 5. The van der Waals surface area contributed by atoms with Crippen LogP contribution in [0.4, 0.5) is 0 Å². The summed E-state index contributed by atoms with van der Waals surface area (Å²) in [4.78, 5) is 17.8. The molecule has 0 saturated carbocycles. The summed E-state index contributed by atoms with van der Waals surface area (Å²) in [5.41, 5.74) is 2.90. The van der Waals surface area contributed by atoms with E-state index >= 15 is 0 Å². The van der Waals surface area contributed by atoms with E-state index in [2.05, 4.69) is 10.3 Å². The molecule has 138 valence electrons. The SMILES string of the molecule is COc1ccccc1OCCNC(=O)Cc1csc2nc3ccccc3n12. The lowest BCUT2D eigenvalue weighted by atomic mass is 10.3. The van der Waals surface area contributed by atoms with Crippen LogP contribution in [0, 0.1) is 0 Å². The third-order valence-electron chi connectivity index (χ3n) is 4.21. The van der Waals surface area contributed by atoms with Gasteiger partial charge in [0.2, 0.25) is 5.91 Å². The highest BCUT2D eigenvalue weighted by Gasteiger charge is 2.13. The van der Waals surface area contributed by atoms with Gasteiger partial charge in [0.05, 0.1) is 31.1 Å². The number of hydrogen-bond donors (Lipinski definition) is 1. The summed E-state index contributed by atoms with van der Waals surface area (Å²) in [5, 5.41) is 4.89. The zero-order valence-corrected chi connectivity index (χ0v) is 15.7. The van der Waals surface area contributed by atoms with Crippen LogP contribution in [0.1, 0.15) is 5.69 Å². The quantitative estimate of drug-likeness (QED) is 0.499. The van der Waals surface area contributed by atoms with Gasteiger partial charge in [0.25, 0.3) is 0 Å². The van der Waals surface area contributed by atoms with Gasteiger partial charge >= 0.3 is 0 Å². The average Bonchev–Trinajstić information content (AvgIpc) is 3.25. The Hall–Kier alpha value is -3.06. The standard InChI is InChI=1S/C20H19N3O3S/c1-25-17-8-4-5-9-18(17)26-11-10-21-19(24)12-14-13-27-20-22-15-6-2-3-7-16(15)23(14)20/h2-9,13H,10-12H2,1H3,(H,21,24). The molecule has 0 radical (unpaired) electrons. The molecule has 2 aromatic carbocycles. The molecule has 0 aliphatic rings. The highest BCUT2D eigenvalue weighted by Crippen LogP contribution is 2.25. The van der Waals surface area contributed by atoms with E-state index in [0.717, 1.165) is 21.7 Å². The first kappa shape index (κ1) is 17.4. The molecule has 1 N–H and O–H groups in total. The van der Waals surface area contributed by atoms with Crippen LogP contribution in [0.3, 0.4) is 0 Å². The van der Waals surface area contributed by atoms with Crippen LogP contribution in [-0.4, -0.2) is 35.6 Å². The van der Waals surface area contributed by atoms with Crippen LogP contribution >= 0.6 is 11.3 Å². The summed E-state index contributed by atoms with van der Waals surface area (Å²) in [7, 11) is 1.60. The molecule has 0 bridgehead atoms. The number of para-hydroxylation sites is 4. The summed E-state index contributed by atoms with van der Waals surface area (Å²) in [6.07, 6.45) is 0.301. The molecular weight excluding hydrogens is 362 g/mol. The first-order valence-electron chi connectivity index (χ1n) is 8.62. The van der Waals surface area contributed by atoms with Gasteiger partial charge in [0.15, 0.2) is 16.5 Å². The summed E-state index contributed by atoms with van der Waals surface area (Å²) < 4.78 is 13.0. The fourth-order valence-electron chi connectivity index (χ4n) is 2.97. The maximum Gasteiger partial charge on any atom is 0.226 e. The van der Waals surface area contributed by atoms with Crippen molar-refractivity contribution < 1.29 is 14.3 Å². The summed E-state index contributed by atoms with van der Waals surface area (Å²) in [6, 6.07) is 15.4. The number of thiazole rings is 1. The molecule has 0 aliphatic heterocycles. The van der Waals surface area contributed by atoms with E-state index in [9.17, 15) is 4.79 Å². The van der Waals surface area contributed by atoms with Crippen molar-refractivity contribution in [3.63, 3.8) is 0 Å². The minimum Gasteiger partial charge on any atom is -0.493 e.